The monoisotopic (exact) mass is 353 g/mol. The molecule has 6 heteroatoms. The van der Waals surface area contributed by atoms with Crippen LogP contribution in [-0.4, -0.2) is 36.7 Å². The van der Waals surface area contributed by atoms with Gasteiger partial charge >= 0.3 is 0 Å². The Labute approximate surface area is 151 Å². The van der Waals surface area contributed by atoms with Crippen molar-refractivity contribution < 1.29 is 24.3 Å². The number of oxime groups is 1. The number of Topliss-reactive ketones (excluding diaryl/α,β-unsaturated/α-hetero) is 2. The normalized spacial score (nSPS) is 16.0. The fraction of sp³-hybridized carbons (Fsp3) is 0.250. The second-order valence-electron chi connectivity index (χ2n) is 6.02. The van der Waals surface area contributed by atoms with Gasteiger partial charge in [0.15, 0.2) is 5.78 Å². The lowest BCUT2D eigenvalue weighted by Crippen LogP contribution is -2.06. The van der Waals surface area contributed by atoms with E-state index in [1.54, 1.807) is 26.4 Å². The Morgan fingerprint density at radius 3 is 2.12 bits per heavy atom. The van der Waals surface area contributed by atoms with Crippen LogP contribution in [0.1, 0.15) is 38.3 Å². The lowest BCUT2D eigenvalue weighted by atomic mass is 10.1. The molecule has 2 aromatic rings. The third kappa shape index (κ3) is 3.31. The number of hydrogen-bond donors (Lipinski definition) is 1. The van der Waals surface area contributed by atoms with Crippen molar-refractivity contribution in [1.82, 2.24) is 0 Å². The summed E-state index contributed by atoms with van der Waals surface area (Å²) in [4.78, 5) is 22.8. The van der Waals surface area contributed by atoms with E-state index in [0.29, 0.717) is 24.2 Å². The zero-order chi connectivity index (χ0) is 18.7. The minimum atomic E-state index is -0.221. The number of hydrogen-bond acceptors (Lipinski definition) is 6. The molecule has 0 spiro atoms. The first-order chi connectivity index (χ1) is 12.6. The van der Waals surface area contributed by atoms with Gasteiger partial charge in [-0.3, -0.25) is 9.59 Å². The molecule has 1 N–H and O–H groups in total. The highest BCUT2D eigenvalue weighted by Gasteiger charge is 2.27. The van der Waals surface area contributed by atoms with Gasteiger partial charge in [-0.25, -0.2) is 0 Å². The molecule has 4 rings (SSSR count). The Kier molecular flexibility index (Phi) is 5.02. The second kappa shape index (κ2) is 7.39. The molecule has 0 aliphatic heterocycles. The number of benzene rings is 2. The van der Waals surface area contributed by atoms with Crippen LogP contribution in [0, 0.1) is 0 Å². The molecule has 0 heterocycles. The molecule has 0 unspecified atom stereocenters. The summed E-state index contributed by atoms with van der Waals surface area (Å²) < 4.78 is 10.0. The number of nitrogens with zero attached hydrogens (tertiary/aromatic N) is 1. The van der Waals surface area contributed by atoms with Crippen LogP contribution in [0.4, 0.5) is 0 Å². The first-order valence-electron chi connectivity index (χ1n) is 8.20. The molecule has 0 atom stereocenters. The number of ether oxygens (including phenoxy) is 2. The van der Waals surface area contributed by atoms with E-state index in [9.17, 15) is 9.59 Å². The molecular formula is C20H19NO5. The molecule has 0 aromatic heterocycles. The lowest BCUT2D eigenvalue weighted by molar-refractivity contribution is 0.0993. The van der Waals surface area contributed by atoms with E-state index in [1.807, 2.05) is 24.3 Å². The third-order valence-electron chi connectivity index (χ3n) is 4.54. The number of ketones is 2. The quantitative estimate of drug-likeness (QED) is 0.662. The lowest BCUT2D eigenvalue weighted by Gasteiger charge is -2.01. The van der Waals surface area contributed by atoms with Crippen molar-refractivity contribution in [1.29, 1.82) is 0 Å². The minimum absolute atomic E-state index is 0.188. The van der Waals surface area contributed by atoms with E-state index >= 15 is 0 Å². The van der Waals surface area contributed by atoms with Crippen LogP contribution in [0.5, 0.6) is 11.5 Å². The number of carbonyl (C=O) groups is 2. The molecule has 2 aromatic carbocycles. The molecule has 134 valence electrons. The average molecular weight is 353 g/mol. The molecular weight excluding hydrogens is 334 g/mol. The van der Waals surface area contributed by atoms with Gasteiger partial charge in [0.05, 0.1) is 14.2 Å². The average Bonchev–Trinajstić information content (AvgIpc) is 3.21. The maximum absolute atomic E-state index is 11.5. The first-order valence-corrected chi connectivity index (χ1v) is 8.20. The van der Waals surface area contributed by atoms with Crippen molar-refractivity contribution in [3.8, 4) is 11.5 Å². The van der Waals surface area contributed by atoms with Crippen LogP contribution in [-0.2, 0) is 12.8 Å². The summed E-state index contributed by atoms with van der Waals surface area (Å²) in [6, 6.07) is 11.0. The van der Waals surface area contributed by atoms with Gasteiger partial charge in [-0.15, -0.1) is 0 Å². The third-order valence-corrected chi connectivity index (χ3v) is 4.54. The van der Waals surface area contributed by atoms with Crippen LogP contribution < -0.4 is 9.47 Å². The maximum atomic E-state index is 11.5. The Hall–Kier alpha value is -3.15. The van der Waals surface area contributed by atoms with Crippen LogP contribution >= 0.6 is 0 Å². The number of methoxy groups -OCH3 is 2. The van der Waals surface area contributed by atoms with E-state index < -0.39 is 0 Å². The zero-order valence-corrected chi connectivity index (χ0v) is 14.6. The highest BCUT2D eigenvalue weighted by atomic mass is 16.5. The smallest absolute Gasteiger partial charge is 0.211 e. The van der Waals surface area contributed by atoms with Crippen molar-refractivity contribution in [3.05, 3.63) is 58.7 Å². The molecule has 2 aliphatic carbocycles. The van der Waals surface area contributed by atoms with E-state index in [2.05, 4.69) is 5.16 Å². The summed E-state index contributed by atoms with van der Waals surface area (Å²) >= 11 is 0. The Morgan fingerprint density at radius 2 is 1.50 bits per heavy atom. The van der Waals surface area contributed by atoms with Crippen LogP contribution in [0.3, 0.4) is 0 Å². The summed E-state index contributed by atoms with van der Waals surface area (Å²) in [7, 11) is 3.16. The Balaban J connectivity index is 0.000000152. The van der Waals surface area contributed by atoms with Crippen molar-refractivity contribution >= 4 is 17.3 Å². The van der Waals surface area contributed by atoms with Gasteiger partial charge in [0, 0.05) is 24.0 Å². The van der Waals surface area contributed by atoms with Gasteiger partial charge in [0.1, 0.15) is 17.2 Å². The van der Waals surface area contributed by atoms with Gasteiger partial charge < -0.3 is 14.7 Å². The predicted molar refractivity (Wildman–Crippen MR) is 95.9 cm³/mol. The largest absolute Gasteiger partial charge is 0.497 e. The minimum Gasteiger partial charge on any atom is -0.497 e. The summed E-state index contributed by atoms with van der Waals surface area (Å²) in [6.07, 6.45) is 1.94. The van der Waals surface area contributed by atoms with Crippen molar-refractivity contribution in [2.75, 3.05) is 14.2 Å². The van der Waals surface area contributed by atoms with Gasteiger partial charge in [-0.2, -0.15) is 0 Å². The van der Waals surface area contributed by atoms with Crippen molar-refractivity contribution in [3.63, 3.8) is 0 Å². The number of carbonyl (C=O) groups excluding carboxylic acids is 2. The van der Waals surface area contributed by atoms with E-state index in [-0.39, 0.29) is 17.3 Å². The maximum Gasteiger partial charge on any atom is 0.211 e. The van der Waals surface area contributed by atoms with Gasteiger partial charge in [0.2, 0.25) is 5.78 Å². The predicted octanol–water partition coefficient (Wildman–Crippen LogP) is 3.09. The van der Waals surface area contributed by atoms with Gasteiger partial charge in [0.25, 0.3) is 0 Å². The summed E-state index contributed by atoms with van der Waals surface area (Å²) in [5.74, 6) is 1.42. The van der Waals surface area contributed by atoms with E-state index in [1.165, 1.54) is 0 Å². The second-order valence-corrected chi connectivity index (χ2v) is 6.02. The van der Waals surface area contributed by atoms with Crippen LogP contribution in [0.25, 0.3) is 0 Å². The van der Waals surface area contributed by atoms with E-state index in [0.717, 1.165) is 28.9 Å². The molecule has 2 aliphatic rings. The fourth-order valence-corrected chi connectivity index (χ4v) is 3.09. The molecule has 0 amide bonds. The molecule has 0 fully saturated rings. The molecule has 0 radical (unpaired) electrons. The van der Waals surface area contributed by atoms with Crippen molar-refractivity contribution in [2.45, 2.75) is 19.3 Å². The van der Waals surface area contributed by atoms with Gasteiger partial charge in [-0.1, -0.05) is 17.3 Å². The zero-order valence-electron chi connectivity index (χ0n) is 14.6. The first kappa shape index (κ1) is 17.7. The fourth-order valence-electron chi connectivity index (χ4n) is 3.09. The highest BCUT2D eigenvalue weighted by molar-refractivity contribution is 6.49. The molecule has 26 heavy (non-hydrogen) atoms. The standard InChI is InChI=1S/C10H9NO3.C10H10O2/c1-14-7-3-2-6-4-9(11-13)10(12)8(6)5-7;1-12-8-4-2-7-3-5-10(11)9(7)6-8/h2-3,5,13H,4H2,1H3;2,4,6H,3,5H2,1H3. The molecule has 0 saturated heterocycles. The van der Waals surface area contributed by atoms with Crippen LogP contribution in [0.15, 0.2) is 41.6 Å². The number of rotatable bonds is 2. The Morgan fingerprint density at radius 1 is 0.885 bits per heavy atom. The van der Waals surface area contributed by atoms with E-state index in [4.69, 9.17) is 14.7 Å². The van der Waals surface area contributed by atoms with Gasteiger partial charge in [-0.05, 0) is 41.8 Å². The van der Waals surface area contributed by atoms with Crippen LogP contribution in [0.2, 0.25) is 0 Å². The molecule has 0 bridgehead atoms. The van der Waals surface area contributed by atoms with Crippen molar-refractivity contribution in [2.24, 2.45) is 5.16 Å². The topological polar surface area (TPSA) is 85.2 Å². The molecule has 0 saturated carbocycles. The Bertz CT molecular complexity index is 901. The SMILES string of the molecule is COc1ccc2c(c1)C(=O)C(=NO)C2.COc1ccc2c(c1)C(=O)CC2. The number of fused-ring (bicyclic) bond motifs is 2. The molecule has 6 nitrogen and oxygen atoms in total. The number of aryl methyl sites for hydroxylation is 1. The summed E-state index contributed by atoms with van der Waals surface area (Å²) in [5.41, 5.74) is 3.63. The summed E-state index contributed by atoms with van der Waals surface area (Å²) in [6.45, 7) is 0. The highest BCUT2D eigenvalue weighted by Crippen LogP contribution is 2.26. The summed E-state index contributed by atoms with van der Waals surface area (Å²) in [5, 5.41) is 11.5.